The zero-order valence-electron chi connectivity index (χ0n) is 10.6. The van der Waals surface area contributed by atoms with Gasteiger partial charge in [0.15, 0.2) is 0 Å². The van der Waals surface area contributed by atoms with Gasteiger partial charge in [0.25, 0.3) is 0 Å². The third-order valence-corrected chi connectivity index (χ3v) is 3.78. The largest absolute Gasteiger partial charge is 0.490 e. The van der Waals surface area contributed by atoms with Crippen LogP contribution in [0.4, 0.5) is 4.39 Å². The van der Waals surface area contributed by atoms with Crippen molar-refractivity contribution in [3.8, 4) is 11.8 Å². The molecule has 0 spiro atoms. The molecule has 2 rings (SSSR count). The molecule has 1 N–H and O–H groups in total. The van der Waals surface area contributed by atoms with Crippen LogP contribution in [0.2, 0.25) is 5.02 Å². The lowest BCUT2D eigenvalue weighted by molar-refractivity contribution is -0.154. The van der Waals surface area contributed by atoms with E-state index in [0.29, 0.717) is 29.2 Å². The monoisotopic (exact) mass is 297 g/mol. The van der Waals surface area contributed by atoms with Crippen LogP contribution in [0.25, 0.3) is 0 Å². The summed E-state index contributed by atoms with van der Waals surface area (Å²) in [5, 5.41) is 17.9. The van der Waals surface area contributed by atoms with Crippen molar-refractivity contribution in [1.29, 1.82) is 5.26 Å². The van der Waals surface area contributed by atoms with Gasteiger partial charge in [-0.15, -0.1) is 0 Å². The Kier molecular flexibility index (Phi) is 4.15. The number of hydrogen-bond acceptors (Lipinski definition) is 3. The van der Waals surface area contributed by atoms with Crippen molar-refractivity contribution in [2.24, 2.45) is 0 Å². The number of carboxylic acids is 1. The maximum Gasteiger partial charge on any atom is 0.341 e. The minimum Gasteiger partial charge on any atom is -0.490 e. The molecule has 0 amide bonds. The van der Waals surface area contributed by atoms with E-state index in [0.717, 1.165) is 0 Å². The number of aliphatic carboxylic acids is 1. The number of carboxylic acid groups (broad SMARTS) is 1. The first kappa shape index (κ1) is 14.6. The highest BCUT2D eigenvalue weighted by atomic mass is 35.5. The second-order valence-corrected chi connectivity index (χ2v) is 5.25. The number of rotatable bonds is 3. The van der Waals surface area contributed by atoms with Crippen molar-refractivity contribution in [2.75, 3.05) is 0 Å². The van der Waals surface area contributed by atoms with Crippen LogP contribution in [0, 0.1) is 11.3 Å². The Morgan fingerprint density at radius 1 is 1.50 bits per heavy atom. The first-order valence-electron chi connectivity index (χ1n) is 6.23. The van der Waals surface area contributed by atoms with Crippen molar-refractivity contribution < 1.29 is 19.0 Å². The molecule has 0 saturated heterocycles. The average molecular weight is 298 g/mol. The molecule has 106 valence electrons. The maximum absolute atomic E-state index is 13.9. The fourth-order valence-corrected chi connectivity index (χ4v) is 2.45. The molecule has 20 heavy (non-hydrogen) atoms. The summed E-state index contributed by atoms with van der Waals surface area (Å²) in [4.78, 5) is 10.8. The Bertz CT molecular complexity index is 562. The van der Waals surface area contributed by atoms with Crippen molar-refractivity contribution >= 4 is 17.6 Å². The molecule has 0 aromatic heterocycles. The summed E-state index contributed by atoms with van der Waals surface area (Å²) in [6.45, 7) is 0. The van der Waals surface area contributed by atoms with E-state index in [2.05, 4.69) is 0 Å². The predicted molar refractivity (Wildman–Crippen MR) is 70.5 cm³/mol. The van der Waals surface area contributed by atoms with Gasteiger partial charge in [-0.1, -0.05) is 11.6 Å². The molecule has 0 heterocycles. The Morgan fingerprint density at radius 2 is 2.15 bits per heavy atom. The third kappa shape index (κ3) is 3.02. The molecule has 6 heteroatoms. The molecule has 0 bridgehead atoms. The molecular weight excluding hydrogens is 285 g/mol. The van der Waals surface area contributed by atoms with Gasteiger partial charge in [0, 0.05) is 6.07 Å². The second kappa shape index (κ2) is 5.68. The zero-order chi connectivity index (χ0) is 14.8. The summed E-state index contributed by atoms with van der Waals surface area (Å²) in [5.74, 6) is -0.905. The van der Waals surface area contributed by atoms with Gasteiger partial charge in [0.1, 0.15) is 11.8 Å². The molecule has 0 unspecified atom stereocenters. The smallest absolute Gasteiger partial charge is 0.341 e. The Balaban J connectivity index is 1.98. The number of ether oxygens (including phenoxy) is 1. The van der Waals surface area contributed by atoms with Gasteiger partial charge in [0.2, 0.25) is 5.67 Å². The number of hydrogen-bond donors (Lipinski definition) is 1. The fraction of sp³-hybridized carbons (Fsp3) is 0.429. The van der Waals surface area contributed by atoms with Gasteiger partial charge in [-0.2, -0.15) is 5.26 Å². The lowest BCUT2D eigenvalue weighted by Gasteiger charge is -2.31. The molecule has 1 aromatic carbocycles. The Labute approximate surface area is 120 Å². The van der Waals surface area contributed by atoms with E-state index in [4.69, 9.17) is 26.7 Å². The van der Waals surface area contributed by atoms with E-state index < -0.39 is 11.6 Å². The topological polar surface area (TPSA) is 70.3 Å². The quantitative estimate of drug-likeness (QED) is 0.929. The van der Waals surface area contributed by atoms with Gasteiger partial charge in [-0.05, 0) is 37.8 Å². The summed E-state index contributed by atoms with van der Waals surface area (Å²) in [5.41, 5.74) is -1.78. The van der Waals surface area contributed by atoms with E-state index in [-0.39, 0.29) is 18.9 Å². The van der Waals surface area contributed by atoms with E-state index in [1.165, 1.54) is 6.07 Å². The number of nitriles is 1. The minimum absolute atomic E-state index is 0.0585. The lowest BCUT2D eigenvalue weighted by atomic mass is 9.85. The molecule has 1 saturated carbocycles. The van der Waals surface area contributed by atoms with Crippen LogP contribution in [0.1, 0.15) is 31.2 Å². The number of nitrogens with zero attached hydrogens (tertiary/aromatic N) is 1. The maximum atomic E-state index is 13.9. The summed E-state index contributed by atoms with van der Waals surface area (Å²) < 4.78 is 19.5. The third-order valence-electron chi connectivity index (χ3n) is 3.47. The first-order chi connectivity index (χ1) is 9.44. The number of halogens is 2. The highest BCUT2D eigenvalue weighted by Gasteiger charge is 2.42. The van der Waals surface area contributed by atoms with Crippen LogP contribution in [-0.2, 0) is 4.79 Å². The van der Waals surface area contributed by atoms with Gasteiger partial charge in [0.05, 0.1) is 16.7 Å². The zero-order valence-corrected chi connectivity index (χ0v) is 11.4. The predicted octanol–water partition coefficient (Wildman–Crippen LogP) is 3.33. The first-order valence-corrected chi connectivity index (χ1v) is 6.61. The summed E-state index contributed by atoms with van der Waals surface area (Å²) in [6.07, 6.45) is 0.316. The van der Waals surface area contributed by atoms with E-state index in [1.807, 2.05) is 6.07 Å². The van der Waals surface area contributed by atoms with E-state index in [1.54, 1.807) is 12.1 Å². The molecule has 1 aliphatic carbocycles. The van der Waals surface area contributed by atoms with E-state index >= 15 is 0 Å². The summed E-state index contributed by atoms with van der Waals surface area (Å²) >= 11 is 5.89. The molecule has 4 nitrogen and oxygen atoms in total. The minimum atomic E-state index is -2.14. The van der Waals surface area contributed by atoms with Crippen LogP contribution >= 0.6 is 11.6 Å². The summed E-state index contributed by atoms with van der Waals surface area (Å²) in [7, 11) is 0. The average Bonchev–Trinajstić information content (AvgIpc) is 2.42. The highest BCUT2D eigenvalue weighted by Crippen LogP contribution is 2.34. The van der Waals surface area contributed by atoms with Crippen LogP contribution < -0.4 is 4.74 Å². The lowest BCUT2D eigenvalue weighted by Crippen LogP contribution is -2.40. The second-order valence-electron chi connectivity index (χ2n) is 4.84. The molecule has 1 aromatic rings. The SMILES string of the molecule is N#Cc1ccc(OC2CCC(F)(C(=O)O)CC2)cc1Cl. The normalized spacial score (nSPS) is 25.8. The molecule has 0 radical (unpaired) electrons. The van der Waals surface area contributed by atoms with Crippen LogP contribution in [0.3, 0.4) is 0 Å². The molecule has 1 aliphatic rings. The van der Waals surface area contributed by atoms with Gasteiger partial charge in [-0.25, -0.2) is 9.18 Å². The van der Waals surface area contributed by atoms with Crippen LogP contribution in [0.15, 0.2) is 18.2 Å². The van der Waals surface area contributed by atoms with Crippen molar-refractivity contribution in [3.05, 3.63) is 28.8 Å². The van der Waals surface area contributed by atoms with Crippen LogP contribution in [-0.4, -0.2) is 22.8 Å². The number of carbonyl (C=O) groups is 1. The summed E-state index contributed by atoms with van der Waals surface area (Å²) in [6, 6.07) is 6.66. The van der Waals surface area contributed by atoms with Gasteiger partial charge < -0.3 is 9.84 Å². The van der Waals surface area contributed by atoms with Crippen molar-refractivity contribution in [1.82, 2.24) is 0 Å². The highest BCUT2D eigenvalue weighted by molar-refractivity contribution is 6.31. The number of alkyl halides is 1. The molecule has 0 aliphatic heterocycles. The van der Waals surface area contributed by atoms with Crippen LogP contribution in [0.5, 0.6) is 5.75 Å². The van der Waals surface area contributed by atoms with Crippen molar-refractivity contribution in [3.63, 3.8) is 0 Å². The molecular formula is C14H13ClFNO3. The Morgan fingerprint density at radius 3 is 2.65 bits per heavy atom. The van der Waals surface area contributed by atoms with Gasteiger partial charge >= 0.3 is 5.97 Å². The van der Waals surface area contributed by atoms with Gasteiger partial charge in [-0.3, -0.25) is 0 Å². The number of benzene rings is 1. The Hall–Kier alpha value is -1.80. The van der Waals surface area contributed by atoms with Crippen molar-refractivity contribution in [2.45, 2.75) is 37.5 Å². The molecule has 1 fully saturated rings. The fourth-order valence-electron chi connectivity index (χ4n) is 2.23. The van der Waals surface area contributed by atoms with E-state index in [9.17, 15) is 9.18 Å². The standard InChI is InChI=1S/C14H13ClFNO3/c15-12-7-11(2-1-9(12)8-17)20-10-3-5-14(16,6-4-10)13(18)19/h1-2,7,10H,3-6H2,(H,18,19). The molecule has 0 atom stereocenters.